The van der Waals surface area contributed by atoms with Gasteiger partial charge in [0.25, 0.3) is 5.91 Å². The first-order valence-corrected chi connectivity index (χ1v) is 7.53. The van der Waals surface area contributed by atoms with Gasteiger partial charge >= 0.3 is 0 Å². The number of nitrogens with two attached hydrogens (primary N) is 1. The molecule has 1 heterocycles. The lowest BCUT2D eigenvalue weighted by atomic mass is 10.3. The Balaban J connectivity index is 0.00000361. The molecule has 0 atom stereocenters. The van der Waals surface area contributed by atoms with Gasteiger partial charge in [-0.25, -0.2) is 4.98 Å². The van der Waals surface area contributed by atoms with Crippen molar-refractivity contribution >= 4 is 29.7 Å². The summed E-state index contributed by atoms with van der Waals surface area (Å²) >= 11 is 1.50. The Kier molecular flexibility index (Phi) is 10.6. The molecule has 0 spiro atoms. The maximum atomic E-state index is 12.4. The molecule has 0 aliphatic rings. The Morgan fingerprint density at radius 3 is 2.85 bits per heavy atom. The van der Waals surface area contributed by atoms with Crippen LogP contribution in [-0.2, 0) is 11.2 Å². The third-order valence-corrected chi connectivity index (χ3v) is 3.67. The minimum Gasteiger partial charge on any atom is -0.383 e. The summed E-state index contributed by atoms with van der Waals surface area (Å²) in [5.41, 5.74) is 6.02. The number of carbonyl (C=O) groups is 1. The van der Waals surface area contributed by atoms with Crippen LogP contribution in [0.2, 0.25) is 0 Å². The fourth-order valence-corrected chi connectivity index (χ4v) is 2.46. The smallest absolute Gasteiger partial charge is 0.273 e. The number of hydrogen-bond donors (Lipinski definition) is 1. The predicted octanol–water partition coefficient (Wildman–Crippen LogP) is 1.95. The second-order valence-electron chi connectivity index (χ2n) is 4.30. The molecule has 20 heavy (non-hydrogen) atoms. The first kappa shape index (κ1) is 19.3. The van der Waals surface area contributed by atoms with E-state index in [9.17, 15) is 4.79 Å². The fourth-order valence-electron chi connectivity index (χ4n) is 1.67. The lowest BCUT2D eigenvalue weighted by Gasteiger charge is -2.21. The largest absolute Gasteiger partial charge is 0.383 e. The highest BCUT2D eigenvalue weighted by atomic mass is 35.5. The maximum Gasteiger partial charge on any atom is 0.273 e. The second-order valence-corrected chi connectivity index (χ2v) is 5.25. The average Bonchev–Trinajstić information content (AvgIpc) is 2.87. The van der Waals surface area contributed by atoms with E-state index in [4.69, 9.17) is 10.5 Å². The Labute approximate surface area is 130 Å². The summed E-state index contributed by atoms with van der Waals surface area (Å²) < 4.78 is 5.05. The number of rotatable bonds is 9. The number of nitrogens with zero attached hydrogens (tertiary/aromatic N) is 2. The molecular weight excluding hydrogens is 298 g/mol. The number of thiazole rings is 1. The van der Waals surface area contributed by atoms with Crippen LogP contribution in [0.25, 0.3) is 0 Å². The summed E-state index contributed by atoms with van der Waals surface area (Å²) in [5.74, 6) is -0.00924. The molecule has 2 N–H and O–H groups in total. The lowest BCUT2D eigenvalue weighted by molar-refractivity contribution is 0.0688. The highest BCUT2D eigenvalue weighted by Gasteiger charge is 2.17. The number of ether oxygens (including phenoxy) is 1. The molecule has 0 unspecified atom stereocenters. The van der Waals surface area contributed by atoms with E-state index in [0.717, 1.165) is 30.8 Å². The van der Waals surface area contributed by atoms with Gasteiger partial charge in [-0.1, -0.05) is 13.3 Å². The minimum absolute atomic E-state index is 0. The molecule has 0 radical (unpaired) electrons. The number of carbonyl (C=O) groups excluding carboxylic acids is 1. The van der Waals surface area contributed by atoms with Gasteiger partial charge < -0.3 is 15.4 Å². The molecular formula is C13H24ClN3O2S. The van der Waals surface area contributed by atoms with Crippen LogP contribution in [0.1, 0.15) is 35.3 Å². The van der Waals surface area contributed by atoms with Crippen molar-refractivity contribution in [3.8, 4) is 0 Å². The van der Waals surface area contributed by atoms with Gasteiger partial charge in [0, 0.05) is 32.0 Å². The van der Waals surface area contributed by atoms with E-state index in [1.165, 1.54) is 11.3 Å². The fraction of sp³-hybridized carbons (Fsp3) is 0.692. The molecule has 7 heteroatoms. The highest BCUT2D eigenvalue weighted by Crippen LogP contribution is 2.12. The molecule has 1 aromatic rings. The van der Waals surface area contributed by atoms with Crippen LogP contribution in [0.15, 0.2) is 5.38 Å². The summed E-state index contributed by atoms with van der Waals surface area (Å²) in [6, 6.07) is 0. The van der Waals surface area contributed by atoms with Gasteiger partial charge in [-0.05, 0) is 13.0 Å². The summed E-state index contributed by atoms with van der Waals surface area (Å²) in [4.78, 5) is 18.5. The van der Waals surface area contributed by atoms with Crippen LogP contribution in [0.5, 0.6) is 0 Å². The summed E-state index contributed by atoms with van der Waals surface area (Å²) in [5, 5.41) is 2.74. The monoisotopic (exact) mass is 321 g/mol. The van der Waals surface area contributed by atoms with Crippen molar-refractivity contribution in [3.63, 3.8) is 0 Å². The molecule has 1 aromatic heterocycles. The van der Waals surface area contributed by atoms with Crippen LogP contribution in [0, 0.1) is 0 Å². The summed E-state index contributed by atoms with van der Waals surface area (Å²) in [6.07, 6.45) is 2.78. The third kappa shape index (κ3) is 6.17. The summed E-state index contributed by atoms with van der Waals surface area (Å²) in [7, 11) is 1.64. The maximum absolute atomic E-state index is 12.4. The number of halogens is 1. The molecule has 0 aliphatic heterocycles. The van der Waals surface area contributed by atoms with Crippen LogP contribution >= 0.6 is 23.7 Å². The first-order chi connectivity index (χ1) is 9.22. The number of hydrogen-bond acceptors (Lipinski definition) is 5. The highest BCUT2D eigenvalue weighted by molar-refractivity contribution is 7.09. The van der Waals surface area contributed by atoms with Crippen molar-refractivity contribution in [2.75, 3.05) is 33.4 Å². The average molecular weight is 322 g/mol. The SMILES string of the molecule is CCCCN(CCOC)C(=O)c1csc(CCN)n1.Cl. The van der Waals surface area contributed by atoms with Crippen LogP contribution < -0.4 is 5.73 Å². The van der Waals surface area contributed by atoms with Crippen LogP contribution in [0.4, 0.5) is 0 Å². The Morgan fingerprint density at radius 2 is 2.25 bits per heavy atom. The van der Waals surface area contributed by atoms with Gasteiger partial charge in [0.1, 0.15) is 5.69 Å². The molecule has 0 fully saturated rings. The number of methoxy groups -OCH3 is 1. The van der Waals surface area contributed by atoms with Crippen LogP contribution in [0.3, 0.4) is 0 Å². The van der Waals surface area contributed by atoms with E-state index >= 15 is 0 Å². The first-order valence-electron chi connectivity index (χ1n) is 6.65. The van der Waals surface area contributed by atoms with Crippen molar-refractivity contribution < 1.29 is 9.53 Å². The molecule has 5 nitrogen and oxygen atoms in total. The van der Waals surface area contributed by atoms with E-state index in [0.29, 0.717) is 25.4 Å². The lowest BCUT2D eigenvalue weighted by Crippen LogP contribution is -2.35. The zero-order valence-electron chi connectivity index (χ0n) is 12.1. The quantitative estimate of drug-likeness (QED) is 0.755. The number of unbranched alkanes of at least 4 members (excludes halogenated alkanes) is 1. The molecule has 0 saturated carbocycles. The molecule has 1 rings (SSSR count). The number of amides is 1. The van der Waals surface area contributed by atoms with E-state index in [1.807, 2.05) is 10.3 Å². The Morgan fingerprint density at radius 1 is 1.50 bits per heavy atom. The second kappa shape index (κ2) is 11.0. The molecule has 116 valence electrons. The standard InChI is InChI=1S/C13H23N3O2S.ClH/c1-3-4-7-16(8-9-18-2)13(17)11-10-19-12(15-11)5-6-14;/h10H,3-9,14H2,1-2H3;1H. The van der Waals surface area contributed by atoms with Gasteiger partial charge in [-0.15, -0.1) is 23.7 Å². The van der Waals surface area contributed by atoms with Crippen LogP contribution in [-0.4, -0.2) is 49.1 Å². The van der Waals surface area contributed by atoms with Crippen molar-refractivity contribution in [2.24, 2.45) is 5.73 Å². The van der Waals surface area contributed by atoms with Crippen molar-refractivity contribution in [2.45, 2.75) is 26.2 Å². The predicted molar refractivity (Wildman–Crippen MR) is 84.8 cm³/mol. The molecule has 0 bridgehead atoms. The zero-order valence-corrected chi connectivity index (χ0v) is 13.8. The normalized spacial score (nSPS) is 10.2. The van der Waals surface area contributed by atoms with Crippen molar-refractivity contribution in [1.82, 2.24) is 9.88 Å². The Hall–Kier alpha value is -0.690. The molecule has 0 aliphatic carbocycles. The molecule has 1 amide bonds. The third-order valence-electron chi connectivity index (χ3n) is 2.76. The molecule has 0 aromatic carbocycles. The van der Waals surface area contributed by atoms with Gasteiger partial charge in [-0.3, -0.25) is 4.79 Å². The van der Waals surface area contributed by atoms with Gasteiger partial charge in [0.05, 0.1) is 11.6 Å². The van der Waals surface area contributed by atoms with Crippen molar-refractivity contribution in [1.29, 1.82) is 0 Å². The molecule has 0 saturated heterocycles. The topological polar surface area (TPSA) is 68.5 Å². The van der Waals surface area contributed by atoms with Gasteiger partial charge in [0.2, 0.25) is 0 Å². The van der Waals surface area contributed by atoms with Gasteiger partial charge in [-0.2, -0.15) is 0 Å². The van der Waals surface area contributed by atoms with Crippen molar-refractivity contribution in [3.05, 3.63) is 16.1 Å². The van der Waals surface area contributed by atoms with E-state index in [1.54, 1.807) is 7.11 Å². The van der Waals surface area contributed by atoms with Gasteiger partial charge in [0.15, 0.2) is 0 Å². The minimum atomic E-state index is -0.00924. The zero-order chi connectivity index (χ0) is 14.1. The summed E-state index contributed by atoms with van der Waals surface area (Å²) in [6.45, 7) is 4.59. The van der Waals surface area contributed by atoms with E-state index in [2.05, 4.69) is 11.9 Å². The van der Waals surface area contributed by atoms with E-state index in [-0.39, 0.29) is 18.3 Å². The Bertz CT molecular complexity index is 379. The van der Waals surface area contributed by atoms with E-state index < -0.39 is 0 Å². The number of aromatic nitrogens is 1.